The summed E-state index contributed by atoms with van der Waals surface area (Å²) in [5.41, 5.74) is 5.38. The van der Waals surface area contributed by atoms with E-state index in [1.807, 2.05) is 20.8 Å². The van der Waals surface area contributed by atoms with Crippen LogP contribution in [0.3, 0.4) is 0 Å². The molecule has 0 aliphatic rings. The van der Waals surface area contributed by atoms with E-state index in [0.29, 0.717) is 17.3 Å². The highest BCUT2D eigenvalue weighted by molar-refractivity contribution is 7.91. The van der Waals surface area contributed by atoms with E-state index in [-0.39, 0.29) is 5.41 Å². The van der Waals surface area contributed by atoms with Crippen LogP contribution in [0.5, 0.6) is 0 Å². The fourth-order valence-electron chi connectivity index (χ4n) is 0.995. The summed E-state index contributed by atoms with van der Waals surface area (Å²) in [6.45, 7) is 6.74. The van der Waals surface area contributed by atoms with E-state index < -0.39 is 10.0 Å². The molecular weight excluding hydrogens is 244 g/mol. The zero-order chi connectivity index (χ0) is 12.4. The van der Waals surface area contributed by atoms with Gasteiger partial charge in [0.15, 0.2) is 0 Å². The SMILES string of the molecule is CC(C)(C)CNS(=O)(=O)c1ccc(CN)s1. The van der Waals surface area contributed by atoms with Crippen LogP contribution >= 0.6 is 11.3 Å². The van der Waals surface area contributed by atoms with Crippen molar-refractivity contribution in [1.29, 1.82) is 0 Å². The highest BCUT2D eigenvalue weighted by Gasteiger charge is 2.19. The highest BCUT2D eigenvalue weighted by atomic mass is 32.2. The Bertz CT molecular complexity index is 444. The van der Waals surface area contributed by atoms with E-state index in [1.54, 1.807) is 12.1 Å². The van der Waals surface area contributed by atoms with Gasteiger partial charge in [-0.15, -0.1) is 11.3 Å². The molecule has 0 atom stereocenters. The molecule has 0 aliphatic heterocycles. The summed E-state index contributed by atoms with van der Waals surface area (Å²) in [5, 5.41) is 0. The standard InChI is InChI=1S/C10H18N2O2S2/c1-10(2,3)7-12-16(13,14)9-5-4-8(6-11)15-9/h4-5,12H,6-7,11H2,1-3H3. The molecule has 0 unspecified atom stereocenters. The molecule has 0 amide bonds. The fourth-order valence-corrected chi connectivity index (χ4v) is 3.56. The van der Waals surface area contributed by atoms with E-state index in [9.17, 15) is 8.42 Å². The summed E-state index contributed by atoms with van der Waals surface area (Å²) in [4.78, 5) is 0.871. The van der Waals surface area contributed by atoms with Crippen LogP contribution in [0, 0.1) is 5.41 Å². The summed E-state index contributed by atoms with van der Waals surface area (Å²) >= 11 is 1.21. The Labute approximate surface area is 101 Å². The molecule has 1 heterocycles. The van der Waals surface area contributed by atoms with Crippen LogP contribution < -0.4 is 10.5 Å². The van der Waals surface area contributed by atoms with Gasteiger partial charge in [0, 0.05) is 18.0 Å². The Morgan fingerprint density at radius 1 is 1.38 bits per heavy atom. The van der Waals surface area contributed by atoms with E-state index in [2.05, 4.69) is 4.72 Å². The molecule has 3 N–H and O–H groups in total. The van der Waals surface area contributed by atoms with Gasteiger partial charge in [-0.3, -0.25) is 0 Å². The lowest BCUT2D eigenvalue weighted by Gasteiger charge is -2.18. The Morgan fingerprint density at radius 2 is 2.00 bits per heavy atom. The Morgan fingerprint density at radius 3 is 2.44 bits per heavy atom. The third-order valence-electron chi connectivity index (χ3n) is 1.90. The number of sulfonamides is 1. The maximum atomic E-state index is 11.9. The van der Waals surface area contributed by atoms with Crippen molar-refractivity contribution < 1.29 is 8.42 Å². The van der Waals surface area contributed by atoms with Gasteiger partial charge in [-0.2, -0.15) is 0 Å². The number of hydrogen-bond donors (Lipinski definition) is 2. The van der Waals surface area contributed by atoms with Crippen molar-refractivity contribution in [2.75, 3.05) is 6.54 Å². The van der Waals surface area contributed by atoms with Crippen molar-refractivity contribution in [3.05, 3.63) is 17.0 Å². The fraction of sp³-hybridized carbons (Fsp3) is 0.600. The van der Waals surface area contributed by atoms with Gasteiger partial charge in [0.2, 0.25) is 10.0 Å². The van der Waals surface area contributed by atoms with Crippen LogP contribution in [0.1, 0.15) is 25.6 Å². The first-order chi connectivity index (χ1) is 7.24. The van der Waals surface area contributed by atoms with Crippen LogP contribution in [0.4, 0.5) is 0 Å². The smallest absolute Gasteiger partial charge is 0.250 e. The minimum atomic E-state index is -3.37. The molecule has 0 saturated heterocycles. The normalized spacial score (nSPS) is 13.0. The molecule has 0 saturated carbocycles. The van der Waals surface area contributed by atoms with Gasteiger partial charge >= 0.3 is 0 Å². The lowest BCUT2D eigenvalue weighted by atomic mass is 9.98. The average Bonchev–Trinajstić information content (AvgIpc) is 2.62. The number of hydrogen-bond acceptors (Lipinski definition) is 4. The van der Waals surface area contributed by atoms with E-state index in [4.69, 9.17) is 5.73 Å². The van der Waals surface area contributed by atoms with Gasteiger partial charge in [0.1, 0.15) is 4.21 Å². The van der Waals surface area contributed by atoms with Crippen molar-refractivity contribution in [2.24, 2.45) is 11.1 Å². The first-order valence-electron chi connectivity index (χ1n) is 5.03. The van der Waals surface area contributed by atoms with Crippen molar-refractivity contribution in [3.8, 4) is 0 Å². The first-order valence-corrected chi connectivity index (χ1v) is 7.33. The number of nitrogens with one attached hydrogen (secondary N) is 1. The quantitative estimate of drug-likeness (QED) is 0.864. The molecule has 0 aromatic carbocycles. The highest BCUT2D eigenvalue weighted by Crippen LogP contribution is 2.21. The Hall–Kier alpha value is -0.430. The van der Waals surface area contributed by atoms with Crippen molar-refractivity contribution in [2.45, 2.75) is 31.5 Å². The molecule has 0 fully saturated rings. The minimum Gasteiger partial charge on any atom is -0.326 e. The van der Waals surface area contributed by atoms with Gasteiger partial charge in [-0.1, -0.05) is 20.8 Å². The van der Waals surface area contributed by atoms with Crippen LogP contribution in [0.15, 0.2) is 16.3 Å². The third kappa shape index (κ3) is 3.86. The zero-order valence-corrected chi connectivity index (χ0v) is 11.4. The van der Waals surface area contributed by atoms with Gasteiger partial charge < -0.3 is 5.73 Å². The summed E-state index contributed by atoms with van der Waals surface area (Å²) in [6.07, 6.45) is 0. The second-order valence-electron chi connectivity index (χ2n) is 4.81. The largest absolute Gasteiger partial charge is 0.326 e. The zero-order valence-electron chi connectivity index (χ0n) is 9.78. The maximum absolute atomic E-state index is 11.9. The molecule has 0 spiro atoms. The molecule has 92 valence electrons. The predicted molar refractivity (Wildman–Crippen MR) is 66.9 cm³/mol. The molecule has 4 nitrogen and oxygen atoms in total. The van der Waals surface area contributed by atoms with Crippen molar-refractivity contribution in [3.63, 3.8) is 0 Å². The number of nitrogens with two attached hydrogens (primary N) is 1. The second kappa shape index (κ2) is 4.83. The average molecular weight is 262 g/mol. The summed E-state index contributed by atoms with van der Waals surface area (Å²) in [5.74, 6) is 0. The molecule has 6 heteroatoms. The second-order valence-corrected chi connectivity index (χ2v) is 7.97. The van der Waals surface area contributed by atoms with Crippen molar-refractivity contribution >= 4 is 21.4 Å². The topological polar surface area (TPSA) is 72.2 Å². The Balaban J connectivity index is 2.78. The summed E-state index contributed by atoms with van der Waals surface area (Å²) in [6, 6.07) is 3.34. The predicted octanol–water partition coefficient (Wildman–Crippen LogP) is 1.53. The van der Waals surface area contributed by atoms with E-state index >= 15 is 0 Å². The van der Waals surface area contributed by atoms with Crippen LogP contribution in [-0.4, -0.2) is 15.0 Å². The van der Waals surface area contributed by atoms with Crippen LogP contribution in [0.25, 0.3) is 0 Å². The summed E-state index contributed by atoms with van der Waals surface area (Å²) in [7, 11) is -3.37. The number of thiophene rings is 1. The first kappa shape index (κ1) is 13.6. The molecule has 16 heavy (non-hydrogen) atoms. The lowest BCUT2D eigenvalue weighted by molar-refractivity contribution is 0.408. The van der Waals surface area contributed by atoms with Crippen LogP contribution in [-0.2, 0) is 16.6 Å². The molecule has 1 aromatic heterocycles. The van der Waals surface area contributed by atoms with Gasteiger partial charge in [0.25, 0.3) is 0 Å². The molecule has 0 bridgehead atoms. The Kier molecular flexibility index (Phi) is 4.12. The van der Waals surface area contributed by atoms with E-state index in [1.165, 1.54) is 11.3 Å². The summed E-state index contributed by atoms with van der Waals surface area (Å²) < 4.78 is 26.7. The molecule has 0 aliphatic carbocycles. The van der Waals surface area contributed by atoms with Gasteiger partial charge in [-0.25, -0.2) is 13.1 Å². The van der Waals surface area contributed by atoms with Gasteiger partial charge in [0.05, 0.1) is 0 Å². The molecular formula is C10H18N2O2S2. The van der Waals surface area contributed by atoms with Gasteiger partial charge in [-0.05, 0) is 17.5 Å². The third-order valence-corrected chi connectivity index (χ3v) is 4.90. The van der Waals surface area contributed by atoms with Crippen LogP contribution in [0.2, 0.25) is 0 Å². The lowest BCUT2D eigenvalue weighted by Crippen LogP contribution is -2.31. The molecule has 0 radical (unpaired) electrons. The monoisotopic (exact) mass is 262 g/mol. The number of rotatable bonds is 4. The van der Waals surface area contributed by atoms with Crippen molar-refractivity contribution in [1.82, 2.24) is 4.72 Å². The molecule has 1 rings (SSSR count). The maximum Gasteiger partial charge on any atom is 0.250 e. The minimum absolute atomic E-state index is 0.0684. The van der Waals surface area contributed by atoms with E-state index in [0.717, 1.165) is 4.88 Å². The molecule has 1 aromatic rings.